The molecule has 0 fully saturated rings. The molecule has 1 aromatic carbocycles. The molecule has 0 aliphatic carbocycles. The van der Waals surface area contributed by atoms with Crippen LogP contribution in [-0.4, -0.2) is 19.1 Å². The number of ether oxygens (including phenoxy) is 1. The highest BCUT2D eigenvalue weighted by Crippen LogP contribution is 2.08. The largest absolute Gasteiger partial charge is 0.372 e. The van der Waals surface area contributed by atoms with Gasteiger partial charge in [-0.3, -0.25) is 4.79 Å². The quantitative estimate of drug-likeness (QED) is 0.805. The maximum Gasteiger partial charge on any atom is 0.253 e. The summed E-state index contributed by atoms with van der Waals surface area (Å²) in [5, 5.41) is 2.81. The molecule has 0 aliphatic rings. The average molecular weight is 207 g/mol. The maximum atomic E-state index is 11.7. The lowest BCUT2D eigenvalue weighted by Crippen LogP contribution is -2.29. The van der Waals surface area contributed by atoms with Gasteiger partial charge in [0.05, 0.1) is 0 Å². The Labute approximate surface area is 90.4 Å². The molecule has 1 N–H and O–H groups in total. The summed E-state index contributed by atoms with van der Waals surface area (Å²) in [6, 6.07) is 9.40. The van der Waals surface area contributed by atoms with Crippen LogP contribution in [0, 0.1) is 0 Å². The van der Waals surface area contributed by atoms with Gasteiger partial charge in [-0.2, -0.15) is 0 Å². The van der Waals surface area contributed by atoms with Crippen molar-refractivity contribution in [3.63, 3.8) is 0 Å². The van der Waals surface area contributed by atoms with Crippen molar-refractivity contribution in [1.29, 1.82) is 0 Å². The Balaban J connectivity index is 2.54. The molecule has 1 aromatic rings. The number of methoxy groups -OCH3 is 1. The van der Waals surface area contributed by atoms with E-state index in [1.165, 1.54) is 0 Å². The fraction of sp³-hybridized carbons (Fsp3) is 0.417. The van der Waals surface area contributed by atoms with Gasteiger partial charge in [0.25, 0.3) is 5.91 Å². The van der Waals surface area contributed by atoms with Crippen LogP contribution < -0.4 is 5.32 Å². The number of para-hydroxylation sites is 1. The number of carbonyl (C=O) groups is 1. The number of hydrogen-bond acceptors (Lipinski definition) is 2. The number of hydrogen-bond donors (Lipinski definition) is 1. The summed E-state index contributed by atoms with van der Waals surface area (Å²) < 4.78 is 5.11. The third-order valence-corrected chi connectivity index (χ3v) is 2.17. The molecule has 1 rings (SSSR count). The number of rotatable bonds is 5. The molecule has 0 aromatic heterocycles. The van der Waals surface area contributed by atoms with Crippen LogP contribution in [0.1, 0.15) is 19.8 Å². The van der Waals surface area contributed by atoms with Gasteiger partial charge in [0, 0.05) is 12.8 Å². The van der Waals surface area contributed by atoms with E-state index in [2.05, 4.69) is 5.32 Å². The second-order valence-corrected chi connectivity index (χ2v) is 3.37. The summed E-state index contributed by atoms with van der Waals surface area (Å²) in [4.78, 5) is 11.7. The van der Waals surface area contributed by atoms with Crippen molar-refractivity contribution < 1.29 is 9.53 Å². The SMILES string of the molecule is CCCC(OC)C(=O)Nc1ccccc1. The zero-order valence-corrected chi connectivity index (χ0v) is 9.19. The lowest BCUT2D eigenvalue weighted by Gasteiger charge is -2.14. The van der Waals surface area contributed by atoms with E-state index in [0.29, 0.717) is 0 Å². The Morgan fingerprint density at radius 3 is 2.60 bits per heavy atom. The van der Waals surface area contributed by atoms with Crippen molar-refractivity contribution in [1.82, 2.24) is 0 Å². The number of amides is 1. The van der Waals surface area contributed by atoms with E-state index in [0.717, 1.165) is 18.5 Å². The van der Waals surface area contributed by atoms with Crippen molar-refractivity contribution in [2.24, 2.45) is 0 Å². The molecule has 0 spiro atoms. The predicted molar refractivity (Wildman–Crippen MR) is 60.8 cm³/mol. The van der Waals surface area contributed by atoms with Gasteiger partial charge in [0.2, 0.25) is 0 Å². The van der Waals surface area contributed by atoms with Crippen LogP contribution in [0.2, 0.25) is 0 Å². The van der Waals surface area contributed by atoms with E-state index < -0.39 is 0 Å². The van der Waals surface area contributed by atoms with Crippen molar-refractivity contribution in [3.8, 4) is 0 Å². The fourth-order valence-electron chi connectivity index (χ4n) is 1.36. The Hall–Kier alpha value is -1.35. The zero-order chi connectivity index (χ0) is 11.1. The lowest BCUT2D eigenvalue weighted by atomic mass is 10.2. The average Bonchev–Trinajstić information content (AvgIpc) is 2.27. The van der Waals surface area contributed by atoms with Crippen LogP contribution in [0.5, 0.6) is 0 Å². The van der Waals surface area contributed by atoms with E-state index in [4.69, 9.17) is 4.74 Å². The molecule has 0 saturated carbocycles. The Morgan fingerprint density at radius 2 is 2.07 bits per heavy atom. The van der Waals surface area contributed by atoms with Gasteiger partial charge in [0.15, 0.2) is 0 Å². The van der Waals surface area contributed by atoms with Crippen LogP contribution in [-0.2, 0) is 9.53 Å². The second-order valence-electron chi connectivity index (χ2n) is 3.37. The maximum absolute atomic E-state index is 11.7. The summed E-state index contributed by atoms with van der Waals surface area (Å²) in [7, 11) is 1.56. The first-order valence-electron chi connectivity index (χ1n) is 5.16. The summed E-state index contributed by atoms with van der Waals surface area (Å²) in [6.45, 7) is 2.03. The van der Waals surface area contributed by atoms with Crippen LogP contribution in [0.25, 0.3) is 0 Å². The summed E-state index contributed by atoms with van der Waals surface area (Å²) >= 11 is 0. The fourth-order valence-corrected chi connectivity index (χ4v) is 1.36. The van der Waals surface area contributed by atoms with Gasteiger partial charge in [-0.1, -0.05) is 31.5 Å². The highest BCUT2D eigenvalue weighted by molar-refractivity contribution is 5.94. The molecule has 82 valence electrons. The molecule has 1 atom stereocenters. The highest BCUT2D eigenvalue weighted by Gasteiger charge is 2.16. The minimum Gasteiger partial charge on any atom is -0.372 e. The van der Waals surface area contributed by atoms with E-state index in [-0.39, 0.29) is 12.0 Å². The van der Waals surface area contributed by atoms with Gasteiger partial charge in [-0.15, -0.1) is 0 Å². The molecule has 0 heterocycles. The van der Waals surface area contributed by atoms with Crippen molar-refractivity contribution in [2.75, 3.05) is 12.4 Å². The zero-order valence-electron chi connectivity index (χ0n) is 9.19. The number of anilines is 1. The van der Waals surface area contributed by atoms with Gasteiger partial charge >= 0.3 is 0 Å². The normalized spacial score (nSPS) is 12.1. The number of carbonyl (C=O) groups excluding carboxylic acids is 1. The van der Waals surface area contributed by atoms with Crippen LogP contribution in [0.4, 0.5) is 5.69 Å². The summed E-state index contributed by atoms with van der Waals surface area (Å²) in [5.74, 6) is -0.0782. The van der Waals surface area contributed by atoms with Gasteiger partial charge in [-0.05, 0) is 18.6 Å². The molecule has 1 unspecified atom stereocenters. The van der Waals surface area contributed by atoms with E-state index >= 15 is 0 Å². The molecule has 0 aliphatic heterocycles. The second kappa shape index (κ2) is 6.19. The van der Waals surface area contributed by atoms with Crippen LogP contribution in [0.3, 0.4) is 0 Å². The molecule has 0 saturated heterocycles. The van der Waals surface area contributed by atoms with E-state index in [1.807, 2.05) is 37.3 Å². The summed E-state index contributed by atoms with van der Waals surface area (Å²) in [6.07, 6.45) is 1.32. The highest BCUT2D eigenvalue weighted by atomic mass is 16.5. The van der Waals surface area contributed by atoms with Crippen molar-refractivity contribution >= 4 is 11.6 Å². The minimum absolute atomic E-state index is 0.0782. The van der Waals surface area contributed by atoms with Gasteiger partial charge in [-0.25, -0.2) is 0 Å². The molecule has 1 amide bonds. The first-order valence-corrected chi connectivity index (χ1v) is 5.16. The molecule has 0 radical (unpaired) electrons. The molecular weight excluding hydrogens is 190 g/mol. The smallest absolute Gasteiger partial charge is 0.253 e. The Bertz CT molecular complexity index is 298. The van der Waals surface area contributed by atoms with Gasteiger partial charge < -0.3 is 10.1 Å². The molecule has 15 heavy (non-hydrogen) atoms. The van der Waals surface area contributed by atoms with E-state index in [1.54, 1.807) is 7.11 Å². The third-order valence-electron chi connectivity index (χ3n) is 2.17. The predicted octanol–water partition coefficient (Wildman–Crippen LogP) is 2.44. The molecule has 0 bridgehead atoms. The monoisotopic (exact) mass is 207 g/mol. The number of nitrogens with one attached hydrogen (secondary N) is 1. The van der Waals surface area contributed by atoms with Crippen LogP contribution in [0.15, 0.2) is 30.3 Å². The standard InChI is InChI=1S/C12H17NO2/c1-3-7-11(15-2)12(14)13-10-8-5-4-6-9-10/h4-6,8-9,11H,3,7H2,1-2H3,(H,13,14). The lowest BCUT2D eigenvalue weighted by molar-refractivity contribution is -0.126. The molecule has 3 heteroatoms. The minimum atomic E-state index is -0.352. The van der Waals surface area contributed by atoms with E-state index in [9.17, 15) is 4.79 Å². The van der Waals surface area contributed by atoms with Gasteiger partial charge in [0.1, 0.15) is 6.10 Å². The number of benzene rings is 1. The Kier molecular flexibility index (Phi) is 4.84. The van der Waals surface area contributed by atoms with Crippen molar-refractivity contribution in [2.45, 2.75) is 25.9 Å². The summed E-state index contributed by atoms with van der Waals surface area (Å²) in [5.41, 5.74) is 0.806. The topological polar surface area (TPSA) is 38.3 Å². The van der Waals surface area contributed by atoms with Crippen molar-refractivity contribution in [3.05, 3.63) is 30.3 Å². The molecule has 3 nitrogen and oxygen atoms in total. The van der Waals surface area contributed by atoms with Crippen LogP contribution >= 0.6 is 0 Å². The Morgan fingerprint density at radius 1 is 1.40 bits per heavy atom. The first-order chi connectivity index (χ1) is 7.27. The molecular formula is C12H17NO2. The first kappa shape index (κ1) is 11.7. The third kappa shape index (κ3) is 3.72.